The standard InChI is InChI=1S/C19H20N4O2/c1-12-21-16-7-5-4-6-15(16)19(22-12)23(2)14-8-9-17(25-3)13(10-14)11-18(20)24/h4-10H,11H2,1-3H3,(H2,20,24). The van der Waals surface area contributed by atoms with Gasteiger partial charge >= 0.3 is 0 Å². The van der Waals surface area contributed by atoms with E-state index in [9.17, 15) is 4.79 Å². The van der Waals surface area contributed by atoms with Crippen molar-refractivity contribution in [2.45, 2.75) is 13.3 Å². The van der Waals surface area contributed by atoms with Crippen LogP contribution in [0.5, 0.6) is 5.75 Å². The van der Waals surface area contributed by atoms with Gasteiger partial charge in [-0.3, -0.25) is 4.79 Å². The third-order valence-electron chi connectivity index (χ3n) is 4.03. The van der Waals surface area contributed by atoms with E-state index in [1.54, 1.807) is 7.11 Å². The van der Waals surface area contributed by atoms with Gasteiger partial charge in [-0.15, -0.1) is 0 Å². The Hall–Kier alpha value is -3.15. The van der Waals surface area contributed by atoms with Crippen LogP contribution in [0.15, 0.2) is 42.5 Å². The first kappa shape index (κ1) is 16.7. The van der Waals surface area contributed by atoms with Gasteiger partial charge in [0, 0.05) is 23.7 Å². The van der Waals surface area contributed by atoms with Crippen LogP contribution in [0.25, 0.3) is 10.9 Å². The van der Waals surface area contributed by atoms with Crippen LogP contribution in [-0.2, 0) is 11.2 Å². The maximum atomic E-state index is 11.3. The van der Waals surface area contributed by atoms with Crippen LogP contribution in [0.1, 0.15) is 11.4 Å². The van der Waals surface area contributed by atoms with Gasteiger partial charge in [-0.05, 0) is 37.3 Å². The molecule has 0 spiro atoms. The van der Waals surface area contributed by atoms with Crippen LogP contribution in [0.2, 0.25) is 0 Å². The average molecular weight is 336 g/mol. The van der Waals surface area contributed by atoms with Crippen LogP contribution in [0.3, 0.4) is 0 Å². The lowest BCUT2D eigenvalue weighted by atomic mass is 10.1. The van der Waals surface area contributed by atoms with Crippen molar-refractivity contribution in [1.29, 1.82) is 0 Å². The first-order chi connectivity index (χ1) is 12.0. The van der Waals surface area contributed by atoms with Crippen molar-refractivity contribution in [2.24, 2.45) is 5.73 Å². The molecule has 0 saturated carbocycles. The van der Waals surface area contributed by atoms with Gasteiger partial charge in [0.05, 0.1) is 19.0 Å². The Morgan fingerprint density at radius 2 is 1.96 bits per heavy atom. The molecule has 0 saturated heterocycles. The van der Waals surface area contributed by atoms with Gasteiger partial charge in [-0.25, -0.2) is 9.97 Å². The number of primary amides is 1. The topological polar surface area (TPSA) is 81.3 Å². The second-order valence-corrected chi connectivity index (χ2v) is 5.81. The molecule has 0 atom stereocenters. The number of amides is 1. The smallest absolute Gasteiger partial charge is 0.221 e. The maximum Gasteiger partial charge on any atom is 0.221 e. The summed E-state index contributed by atoms with van der Waals surface area (Å²) < 4.78 is 5.32. The number of hydrogen-bond acceptors (Lipinski definition) is 5. The molecule has 6 heteroatoms. The zero-order chi connectivity index (χ0) is 18.0. The Morgan fingerprint density at radius 3 is 2.68 bits per heavy atom. The second kappa shape index (κ2) is 6.76. The Morgan fingerprint density at radius 1 is 1.20 bits per heavy atom. The predicted molar refractivity (Wildman–Crippen MR) is 98.2 cm³/mol. The minimum Gasteiger partial charge on any atom is -0.496 e. The van der Waals surface area contributed by atoms with Gasteiger partial charge in [-0.2, -0.15) is 0 Å². The summed E-state index contributed by atoms with van der Waals surface area (Å²) in [5.41, 5.74) is 7.88. The fraction of sp³-hybridized carbons (Fsp3) is 0.211. The number of para-hydroxylation sites is 1. The van der Waals surface area contributed by atoms with Crippen molar-refractivity contribution in [3.05, 3.63) is 53.9 Å². The molecular weight excluding hydrogens is 316 g/mol. The summed E-state index contributed by atoms with van der Waals surface area (Å²) in [5, 5.41) is 0.961. The molecule has 6 nitrogen and oxygen atoms in total. The molecule has 0 unspecified atom stereocenters. The van der Waals surface area contributed by atoms with E-state index in [1.807, 2.05) is 61.3 Å². The van der Waals surface area contributed by atoms with Crippen molar-refractivity contribution in [3.8, 4) is 5.75 Å². The number of benzene rings is 2. The molecule has 0 aliphatic heterocycles. The van der Waals surface area contributed by atoms with E-state index in [2.05, 4.69) is 9.97 Å². The minimum absolute atomic E-state index is 0.119. The summed E-state index contributed by atoms with van der Waals surface area (Å²) in [6.45, 7) is 1.87. The molecule has 3 aromatic rings. The number of aryl methyl sites for hydroxylation is 1. The molecule has 3 rings (SSSR count). The van der Waals surface area contributed by atoms with Crippen molar-refractivity contribution in [2.75, 3.05) is 19.1 Å². The number of carbonyl (C=O) groups is 1. The molecule has 2 aromatic carbocycles. The average Bonchev–Trinajstić information content (AvgIpc) is 2.59. The highest BCUT2D eigenvalue weighted by atomic mass is 16.5. The van der Waals surface area contributed by atoms with E-state index < -0.39 is 5.91 Å². The molecule has 0 radical (unpaired) electrons. The number of carbonyl (C=O) groups excluding carboxylic acids is 1. The number of anilines is 2. The van der Waals surface area contributed by atoms with Crippen molar-refractivity contribution < 1.29 is 9.53 Å². The number of aromatic nitrogens is 2. The molecule has 25 heavy (non-hydrogen) atoms. The lowest BCUT2D eigenvalue weighted by molar-refractivity contribution is -0.117. The lowest BCUT2D eigenvalue weighted by Gasteiger charge is -2.22. The fourth-order valence-electron chi connectivity index (χ4n) is 2.85. The van der Waals surface area contributed by atoms with E-state index in [1.165, 1.54) is 0 Å². The molecule has 1 aromatic heterocycles. The third-order valence-corrected chi connectivity index (χ3v) is 4.03. The number of ether oxygens (including phenoxy) is 1. The van der Waals surface area contributed by atoms with E-state index in [4.69, 9.17) is 10.5 Å². The molecular formula is C19H20N4O2. The first-order valence-electron chi connectivity index (χ1n) is 7.92. The summed E-state index contributed by atoms with van der Waals surface area (Å²) in [6, 6.07) is 13.5. The van der Waals surface area contributed by atoms with Crippen LogP contribution in [-0.4, -0.2) is 30.0 Å². The summed E-state index contributed by atoms with van der Waals surface area (Å²) in [4.78, 5) is 22.4. The molecule has 2 N–H and O–H groups in total. The highest BCUT2D eigenvalue weighted by Crippen LogP contribution is 2.31. The molecule has 0 bridgehead atoms. The Labute approximate surface area is 146 Å². The number of rotatable bonds is 5. The fourth-order valence-corrected chi connectivity index (χ4v) is 2.85. The van der Waals surface area contributed by atoms with Gasteiger partial charge in [0.25, 0.3) is 0 Å². The van der Waals surface area contributed by atoms with E-state index >= 15 is 0 Å². The van der Waals surface area contributed by atoms with E-state index in [-0.39, 0.29) is 6.42 Å². The largest absolute Gasteiger partial charge is 0.496 e. The summed E-state index contributed by atoms with van der Waals surface area (Å²) in [6.07, 6.45) is 0.119. The highest BCUT2D eigenvalue weighted by molar-refractivity contribution is 5.91. The van der Waals surface area contributed by atoms with Gasteiger partial charge < -0.3 is 15.4 Å². The van der Waals surface area contributed by atoms with Crippen LogP contribution < -0.4 is 15.4 Å². The molecule has 1 amide bonds. The summed E-state index contributed by atoms with van der Waals surface area (Å²) >= 11 is 0. The van der Waals surface area contributed by atoms with Crippen molar-refractivity contribution in [1.82, 2.24) is 9.97 Å². The predicted octanol–water partition coefficient (Wildman–Crippen LogP) is 2.74. The van der Waals surface area contributed by atoms with E-state index in [0.29, 0.717) is 11.6 Å². The molecule has 0 aliphatic carbocycles. The summed E-state index contributed by atoms with van der Waals surface area (Å²) in [5.74, 6) is 1.74. The monoisotopic (exact) mass is 336 g/mol. The quantitative estimate of drug-likeness (QED) is 0.775. The number of methoxy groups -OCH3 is 1. The molecule has 128 valence electrons. The zero-order valence-corrected chi connectivity index (χ0v) is 14.5. The zero-order valence-electron chi connectivity index (χ0n) is 14.5. The van der Waals surface area contributed by atoms with Crippen LogP contribution in [0.4, 0.5) is 11.5 Å². The Kier molecular flexibility index (Phi) is 4.52. The van der Waals surface area contributed by atoms with Crippen molar-refractivity contribution >= 4 is 28.3 Å². The van der Waals surface area contributed by atoms with Gasteiger partial charge in [0.1, 0.15) is 17.4 Å². The maximum absolute atomic E-state index is 11.3. The van der Waals surface area contributed by atoms with Crippen LogP contribution in [0, 0.1) is 6.92 Å². The van der Waals surface area contributed by atoms with E-state index in [0.717, 1.165) is 28.0 Å². The molecule has 1 heterocycles. The van der Waals surface area contributed by atoms with Crippen LogP contribution >= 0.6 is 0 Å². The molecule has 0 aliphatic rings. The second-order valence-electron chi connectivity index (χ2n) is 5.81. The van der Waals surface area contributed by atoms with Crippen molar-refractivity contribution in [3.63, 3.8) is 0 Å². The van der Waals surface area contributed by atoms with Gasteiger partial charge in [0.2, 0.25) is 5.91 Å². The summed E-state index contributed by atoms with van der Waals surface area (Å²) in [7, 11) is 3.51. The number of hydrogen-bond donors (Lipinski definition) is 1. The van der Waals surface area contributed by atoms with Gasteiger partial charge in [0.15, 0.2) is 0 Å². The first-order valence-corrected chi connectivity index (χ1v) is 7.92. The Bertz CT molecular complexity index is 940. The third kappa shape index (κ3) is 3.38. The number of nitrogens with zero attached hydrogens (tertiary/aromatic N) is 3. The molecule has 0 fully saturated rings. The number of nitrogens with two attached hydrogens (primary N) is 1. The highest BCUT2D eigenvalue weighted by Gasteiger charge is 2.14. The normalized spacial score (nSPS) is 10.7. The lowest BCUT2D eigenvalue weighted by Crippen LogP contribution is -2.16. The Balaban J connectivity index is 2.09. The van der Waals surface area contributed by atoms with Gasteiger partial charge in [-0.1, -0.05) is 12.1 Å². The SMILES string of the molecule is COc1ccc(N(C)c2nc(C)nc3ccccc23)cc1CC(N)=O. The minimum atomic E-state index is -0.401. The number of fused-ring (bicyclic) bond motifs is 1.